The molecule has 1 atom stereocenters. The van der Waals surface area contributed by atoms with Crippen molar-refractivity contribution in [2.24, 2.45) is 0 Å². The number of alkyl halides is 1. The van der Waals surface area contributed by atoms with E-state index in [-0.39, 0.29) is 16.7 Å². The van der Waals surface area contributed by atoms with Crippen LogP contribution in [0.4, 0.5) is 5.69 Å². The maximum atomic E-state index is 12.3. The summed E-state index contributed by atoms with van der Waals surface area (Å²) in [6.07, 6.45) is 0. The van der Waals surface area contributed by atoms with E-state index in [1.54, 1.807) is 12.1 Å². The normalized spacial score (nSPS) is 11.8. The molecule has 4 nitrogen and oxygen atoms in total. The minimum atomic E-state index is -0.420. The second-order valence-electron chi connectivity index (χ2n) is 4.54. The summed E-state index contributed by atoms with van der Waals surface area (Å²) in [7, 11) is 1.50. The molecule has 0 heterocycles. The maximum absolute atomic E-state index is 12.3. The molecule has 0 aliphatic carbocycles. The first kappa shape index (κ1) is 15.2. The largest absolute Gasteiger partial charge is 0.507 e. The van der Waals surface area contributed by atoms with Gasteiger partial charge in [0.25, 0.3) is 5.91 Å². The summed E-state index contributed by atoms with van der Waals surface area (Å²) in [4.78, 5) is 12.3. The lowest BCUT2D eigenvalue weighted by atomic mass is 10.1. The Morgan fingerprint density at radius 1 is 1.29 bits per heavy atom. The zero-order valence-electron chi connectivity index (χ0n) is 11.8. The third kappa shape index (κ3) is 3.47. The third-order valence-electron chi connectivity index (χ3n) is 3.09. The number of halogens is 1. The molecule has 2 aromatic rings. The van der Waals surface area contributed by atoms with E-state index in [4.69, 9.17) is 16.3 Å². The highest BCUT2D eigenvalue weighted by atomic mass is 35.5. The monoisotopic (exact) mass is 305 g/mol. The van der Waals surface area contributed by atoms with Crippen LogP contribution >= 0.6 is 11.6 Å². The zero-order chi connectivity index (χ0) is 15.4. The number of rotatable bonds is 4. The van der Waals surface area contributed by atoms with Gasteiger partial charge in [0.1, 0.15) is 11.5 Å². The van der Waals surface area contributed by atoms with Gasteiger partial charge in [-0.1, -0.05) is 18.2 Å². The second kappa shape index (κ2) is 6.50. The number of hydrogen-bond donors (Lipinski definition) is 2. The van der Waals surface area contributed by atoms with Gasteiger partial charge in [0.2, 0.25) is 0 Å². The number of carbonyl (C=O) groups excluding carboxylic acids is 1. The molecule has 2 rings (SSSR count). The lowest BCUT2D eigenvalue weighted by Gasteiger charge is -2.13. The number of nitrogens with one attached hydrogen (secondary N) is 1. The van der Waals surface area contributed by atoms with Crippen LogP contribution in [0.3, 0.4) is 0 Å². The molecule has 0 aliphatic rings. The minimum absolute atomic E-state index is 0.107. The molecule has 2 aromatic carbocycles. The van der Waals surface area contributed by atoms with E-state index in [0.717, 1.165) is 5.56 Å². The molecule has 2 N–H and O–H groups in total. The van der Waals surface area contributed by atoms with Crippen LogP contribution in [0.15, 0.2) is 42.5 Å². The van der Waals surface area contributed by atoms with E-state index >= 15 is 0 Å². The predicted molar refractivity (Wildman–Crippen MR) is 83.3 cm³/mol. The first-order valence-electron chi connectivity index (χ1n) is 6.44. The number of anilines is 1. The Kier molecular flexibility index (Phi) is 4.70. The molecule has 110 valence electrons. The number of hydrogen-bond acceptors (Lipinski definition) is 3. The SMILES string of the molecule is COc1ccc(O)c(C(=O)Nc2ccccc2C(C)Cl)c1. The molecule has 1 unspecified atom stereocenters. The molecule has 1 amide bonds. The Bertz CT molecular complexity index is 656. The van der Waals surface area contributed by atoms with Crippen molar-refractivity contribution in [1.82, 2.24) is 0 Å². The number of phenols is 1. The molecule has 0 aromatic heterocycles. The fraction of sp³-hybridized carbons (Fsp3) is 0.188. The van der Waals surface area contributed by atoms with Gasteiger partial charge < -0.3 is 15.2 Å². The number of benzene rings is 2. The fourth-order valence-electron chi connectivity index (χ4n) is 1.97. The molecule has 5 heteroatoms. The molecule has 0 radical (unpaired) electrons. The van der Waals surface area contributed by atoms with E-state index in [2.05, 4.69) is 5.32 Å². The van der Waals surface area contributed by atoms with Crippen LogP contribution in [0.5, 0.6) is 11.5 Å². The zero-order valence-corrected chi connectivity index (χ0v) is 12.5. The van der Waals surface area contributed by atoms with E-state index in [9.17, 15) is 9.90 Å². The molecule has 21 heavy (non-hydrogen) atoms. The highest BCUT2D eigenvalue weighted by Crippen LogP contribution is 2.29. The third-order valence-corrected chi connectivity index (χ3v) is 3.32. The topological polar surface area (TPSA) is 58.6 Å². The molecule has 0 bridgehead atoms. The van der Waals surface area contributed by atoms with Gasteiger partial charge in [0, 0.05) is 5.69 Å². The first-order valence-corrected chi connectivity index (χ1v) is 6.88. The van der Waals surface area contributed by atoms with Crippen LogP contribution in [-0.4, -0.2) is 18.1 Å². The van der Waals surface area contributed by atoms with E-state index in [1.807, 2.05) is 25.1 Å². The molecule has 0 fully saturated rings. The summed E-state index contributed by atoms with van der Waals surface area (Å²) in [5.41, 5.74) is 1.58. The minimum Gasteiger partial charge on any atom is -0.507 e. The van der Waals surface area contributed by atoms with Crippen molar-refractivity contribution >= 4 is 23.2 Å². The Labute approximate surface area is 128 Å². The quantitative estimate of drug-likeness (QED) is 0.841. The van der Waals surface area contributed by atoms with Crippen molar-refractivity contribution in [3.05, 3.63) is 53.6 Å². The van der Waals surface area contributed by atoms with Gasteiger partial charge in [-0.2, -0.15) is 0 Å². The van der Waals surface area contributed by atoms with Crippen molar-refractivity contribution in [3.63, 3.8) is 0 Å². The number of carbonyl (C=O) groups is 1. The van der Waals surface area contributed by atoms with Crippen molar-refractivity contribution in [1.29, 1.82) is 0 Å². The van der Waals surface area contributed by atoms with Gasteiger partial charge in [-0.05, 0) is 36.8 Å². The van der Waals surface area contributed by atoms with Crippen LogP contribution in [0.1, 0.15) is 28.2 Å². The number of phenolic OH excluding ortho intramolecular Hbond substituents is 1. The summed E-state index contributed by atoms with van der Waals surface area (Å²) in [6, 6.07) is 11.8. The van der Waals surface area contributed by atoms with E-state index < -0.39 is 5.91 Å². The average Bonchev–Trinajstić information content (AvgIpc) is 2.48. The van der Waals surface area contributed by atoms with Crippen molar-refractivity contribution in [3.8, 4) is 11.5 Å². The lowest BCUT2D eigenvalue weighted by Crippen LogP contribution is -2.13. The lowest BCUT2D eigenvalue weighted by molar-refractivity contribution is 0.102. The number of amides is 1. The number of aromatic hydroxyl groups is 1. The Balaban J connectivity index is 2.30. The van der Waals surface area contributed by atoms with Crippen molar-refractivity contribution < 1.29 is 14.6 Å². The molecule has 0 aliphatic heterocycles. The van der Waals surface area contributed by atoms with Gasteiger partial charge in [-0.15, -0.1) is 11.6 Å². The smallest absolute Gasteiger partial charge is 0.259 e. The summed E-state index contributed by atoms with van der Waals surface area (Å²) in [6.45, 7) is 1.83. The Hall–Kier alpha value is -2.20. The Morgan fingerprint density at radius 3 is 2.67 bits per heavy atom. The van der Waals surface area contributed by atoms with Crippen LogP contribution in [0, 0.1) is 0 Å². The van der Waals surface area contributed by atoms with Crippen molar-refractivity contribution in [2.45, 2.75) is 12.3 Å². The first-order chi connectivity index (χ1) is 10.0. The highest BCUT2D eigenvalue weighted by Gasteiger charge is 2.15. The van der Waals surface area contributed by atoms with E-state index in [1.165, 1.54) is 19.2 Å². The van der Waals surface area contributed by atoms with Crippen molar-refractivity contribution in [2.75, 3.05) is 12.4 Å². The van der Waals surface area contributed by atoms with Crippen LogP contribution in [0.25, 0.3) is 0 Å². The molecule has 0 spiro atoms. The summed E-state index contributed by atoms with van der Waals surface area (Å²) in [5, 5.41) is 12.3. The molecule has 0 saturated heterocycles. The molecular weight excluding hydrogens is 290 g/mol. The Morgan fingerprint density at radius 2 is 2.00 bits per heavy atom. The van der Waals surface area contributed by atoms with E-state index in [0.29, 0.717) is 11.4 Å². The van der Waals surface area contributed by atoms with Gasteiger partial charge in [0.15, 0.2) is 0 Å². The summed E-state index contributed by atoms with van der Waals surface area (Å²) >= 11 is 6.10. The van der Waals surface area contributed by atoms with Crippen LogP contribution < -0.4 is 10.1 Å². The standard InChI is InChI=1S/C16H16ClNO3/c1-10(17)12-5-3-4-6-14(12)18-16(20)13-9-11(21-2)7-8-15(13)19/h3-10,19H,1-2H3,(H,18,20). The number of ether oxygens (including phenoxy) is 1. The van der Waals surface area contributed by atoms with Gasteiger partial charge in [-0.25, -0.2) is 0 Å². The predicted octanol–water partition coefficient (Wildman–Crippen LogP) is 3.95. The van der Waals surface area contributed by atoms with Gasteiger partial charge in [-0.3, -0.25) is 4.79 Å². The second-order valence-corrected chi connectivity index (χ2v) is 5.20. The fourth-order valence-corrected chi connectivity index (χ4v) is 2.16. The summed E-state index contributed by atoms with van der Waals surface area (Å²) < 4.78 is 5.06. The highest BCUT2D eigenvalue weighted by molar-refractivity contribution is 6.21. The van der Waals surface area contributed by atoms with Gasteiger partial charge in [0.05, 0.1) is 18.1 Å². The molecule has 0 saturated carbocycles. The van der Waals surface area contributed by atoms with Gasteiger partial charge >= 0.3 is 0 Å². The molecular formula is C16H16ClNO3. The van der Waals surface area contributed by atoms with Crippen LogP contribution in [0.2, 0.25) is 0 Å². The number of para-hydroxylation sites is 1. The average molecular weight is 306 g/mol. The maximum Gasteiger partial charge on any atom is 0.259 e. The summed E-state index contributed by atoms with van der Waals surface area (Å²) in [5.74, 6) is -0.0298. The number of methoxy groups -OCH3 is 1. The van der Waals surface area contributed by atoms with Crippen LogP contribution in [-0.2, 0) is 0 Å².